The first-order valence-electron chi connectivity index (χ1n) is 6.05. The van der Waals surface area contributed by atoms with Gasteiger partial charge in [0.25, 0.3) is 0 Å². The third-order valence-corrected chi connectivity index (χ3v) is 2.28. The fourth-order valence-corrected chi connectivity index (χ4v) is 1.37. The van der Waals surface area contributed by atoms with Crippen LogP contribution in [0.2, 0.25) is 0 Å². The number of nitrogens with zero attached hydrogens (tertiary/aromatic N) is 2. The van der Waals surface area contributed by atoms with E-state index in [1.54, 1.807) is 0 Å². The molecule has 20 heavy (non-hydrogen) atoms. The standard InChI is InChI=1S/C12H9N2.C5H5.Pd/c1-3-7-11(8-4-1)13-14-12-9-5-2-6-10-12;1-2-4-5-3-1;/h1-9H;1-5H;/q2*-1;+2. The van der Waals surface area contributed by atoms with Crippen molar-refractivity contribution in [2.45, 2.75) is 0 Å². The average molecular weight is 353 g/mol. The third-order valence-electron chi connectivity index (χ3n) is 2.28. The molecule has 0 N–H and O–H groups in total. The quantitative estimate of drug-likeness (QED) is 0.339. The Labute approximate surface area is 133 Å². The molecule has 0 aliphatic rings. The summed E-state index contributed by atoms with van der Waals surface area (Å²) < 4.78 is 0. The van der Waals surface area contributed by atoms with Gasteiger partial charge in [-0.1, -0.05) is 18.2 Å². The predicted molar refractivity (Wildman–Crippen MR) is 77.9 cm³/mol. The number of hydrogen-bond donors (Lipinski definition) is 0. The zero-order chi connectivity index (χ0) is 13.2. The Hall–Kier alpha value is -1.95. The maximum Gasteiger partial charge on any atom is 2.00 e. The van der Waals surface area contributed by atoms with Crippen molar-refractivity contribution in [2.75, 3.05) is 0 Å². The van der Waals surface area contributed by atoms with Gasteiger partial charge in [-0.25, -0.2) is 12.1 Å². The zero-order valence-corrected chi connectivity index (χ0v) is 12.3. The van der Waals surface area contributed by atoms with Crippen molar-refractivity contribution < 1.29 is 20.4 Å². The second-order valence-electron chi connectivity index (χ2n) is 3.75. The minimum absolute atomic E-state index is 0. The van der Waals surface area contributed by atoms with Crippen LogP contribution in [-0.4, -0.2) is 0 Å². The molecule has 102 valence electrons. The van der Waals surface area contributed by atoms with Crippen molar-refractivity contribution in [3.8, 4) is 0 Å². The van der Waals surface area contributed by atoms with Gasteiger partial charge in [0.15, 0.2) is 0 Å². The van der Waals surface area contributed by atoms with E-state index in [9.17, 15) is 0 Å². The van der Waals surface area contributed by atoms with Crippen molar-refractivity contribution in [2.24, 2.45) is 10.2 Å². The molecular weight excluding hydrogens is 339 g/mol. The first-order chi connectivity index (χ1) is 9.45. The Bertz CT molecular complexity index is 516. The first-order valence-corrected chi connectivity index (χ1v) is 6.05. The second-order valence-corrected chi connectivity index (χ2v) is 3.75. The normalized spacial score (nSPS) is 9.40. The van der Waals surface area contributed by atoms with Crippen LogP contribution in [0.15, 0.2) is 95.2 Å². The Morgan fingerprint density at radius 3 is 2.00 bits per heavy atom. The van der Waals surface area contributed by atoms with Crippen LogP contribution in [0.25, 0.3) is 0 Å². The minimum Gasteiger partial charge on any atom is -0.214 e. The zero-order valence-electron chi connectivity index (χ0n) is 10.8. The molecule has 0 saturated carbocycles. The summed E-state index contributed by atoms with van der Waals surface area (Å²) in [5.41, 5.74) is 1.60. The molecule has 2 nitrogen and oxygen atoms in total. The van der Waals surface area contributed by atoms with E-state index in [1.807, 2.05) is 84.9 Å². The molecule has 0 atom stereocenters. The summed E-state index contributed by atoms with van der Waals surface area (Å²) in [5.74, 6) is 0. The summed E-state index contributed by atoms with van der Waals surface area (Å²) in [6.45, 7) is 0. The van der Waals surface area contributed by atoms with Gasteiger partial charge in [-0.2, -0.15) is 52.7 Å². The molecule has 0 radical (unpaired) electrons. The fourth-order valence-electron chi connectivity index (χ4n) is 1.37. The van der Waals surface area contributed by atoms with Gasteiger partial charge < -0.3 is 0 Å². The van der Waals surface area contributed by atoms with Gasteiger partial charge >= 0.3 is 20.4 Å². The van der Waals surface area contributed by atoms with E-state index >= 15 is 0 Å². The van der Waals surface area contributed by atoms with Crippen LogP contribution < -0.4 is 0 Å². The van der Waals surface area contributed by atoms with E-state index in [4.69, 9.17) is 0 Å². The van der Waals surface area contributed by atoms with Crippen LogP contribution in [0.5, 0.6) is 0 Å². The minimum atomic E-state index is 0. The predicted octanol–water partition coefficient (Wildman–Crippen LogP) is 5.31. The molecule has 3 heteroatoms. The van der Waals surface area contributed by atoms with E-state index in [0.717, 1.165) is 11.4 Å². The number of hydrogen-bond acceptors (Lipinski definition) is 2. The molecule has 0 amide bonds. The van der Waals surface area contributed by atoms with Crippen molar-refractivity contribution >= 4 is 11.4 Å². The van der Waals surface area contributed by atoms with Gasteiger partial charge in [0.2, 0.25) is 0 Å². The topological polar surface area (TPSA) is 24.7 Å². The summed E-state index contributed by atoms with van der Waals surface area (Å²) in [6.07, 6.45) is 0. The monoisotopic (exact) mass is 352 g/mol. The average Bonchev–Trinajstić information content (AvgIpc) is 3.07. The third kappa shape index (κ3) is 6.29. The van der Waals surface area contributed by atoms with Gasteiger partial charge in [-0.15, -0.1) is 6.07 Å². The van der Waals surface area contributed by atoms with Gasteiger partial charge in [0, 0.05) is 0 Å². The summed E-state index contributed by atoms with van der Waals surface area (Å²) in [4.78, 5) is 0. The molecule has 3 rings (SSSR count). The Balaban J connectivity index is 0.000000283. The molecule has 0 aliphatic heterocycles. The van der Waals surface area contributed by atoms with Gasteiger partial charge in [-0.3, -0.25) is 0 Å². The number of rotatable bonds is 2. The Morgan fingerprint density at radius 2 is 1.45 bits per heavy atom. The van der Waals surface area contributed by atoms with Gasteiger partial charge in [-0.05, 0) is 17.8 Å². The second kappa shape index (κ2) is 9.91. The maximum atomic E-state index is 4.07. The maximum absolute atomic E-state index is 4.07. The molecule has 3 aromatic rings. The summed E-state index contributed by atoms with van der Waals surface area (Å²) in [5, 5.41) is 8.12. The van der Waals surface area contributed by atoms with Crippen LogP contribution in [0.4, 0.5) is 11.4 Å². The van der Waals surface area contributed by atoms with Crippen LogP contribution in [0.1, 0.15) is 0 Å². The molecule has 0 heterocycles. The molecule has 3 aromatic carbocycles. The van der Waals surface area contributed by atoms with E-state index in [0.29, 0.717) is 0 Å². The first kappa shape index (κ1) is 16.1. The van der Waals surface area contributed by atoms with Crippen LogP contribution in [0, 0.1) is 6.07 Å². The van der Waals surface area contributed by atoms with Crippen molar-refractivity contribution in [3.63, 3.8) is 0 Å². The molecular formula is C17H14N2Pd. The van der Waals surface area contributed by atoms with E-state index in [2.05, 4.69) is 16.3 Å². The number of benzene rings is 2. The number of azo groups is 1. The molecule has 0 spiro atoms. The van der Waals surface area contributed by atoms with Crippen molar-refractivity contribution in [1.29, 1.82) is 0 Å². The SMILES string of the molecule is [Pd+2].[c-]1ccccc1N=Nc1ccccc1.c1cc[cH-]c1. The van der Waals surface area contributed by atoms with Crippen LogP contribution >= 0.6 is 0 Å². The fraction of sp³-hybridized carbons (Fsp3) is 0. The van der Waals surface area contributed by atoms with E-state index in [-0.39, 0.29) is 20.4 Å². The van der Waals surface area contributed by atoms with E-state index < -0.39 is 0 Å². The molecule has 0 aromatic heterocycles. The summed E-state index contributed by atoms with van der Waals surface area (Å²) in [6, 6.07) is 30.1. The smallest absolute Gasteiger partial charge is 0.214 e. The molecule has 0 fully saturated rings. The van der Waals surface area contributed by atoms with Gasteiger partial charge in [0.05, 0.1) is 5.69 Å². The van der Waals surface area contributed by atoms with Crippen LogP contribution in [-0.2, 0) is 20.4 Å². The molecule has 0 aliphatic carbocycles. The molecule has 0 bridgehead atoms. The van der Waals surface area contributed by atoms with Crippen molar-refractivity contribution in [3.05, 3.63) is 91.0 Å². The molecule has 0 saturated heterocycles. The summed E-state index contributed by atoms with van der Waals surface area (Å²) in [7, 11) is 0. The Morgan fingerprint density at radius 1 is 0.750 bits per heavy atom. The van der Waals surface area contributed by atoms with Crippen molar-refractivity contribution in [1.82, 2.24) is 0 Å². The molecule has 0 unspecified atom stereocenters. The van der Waals surface area contributed by atoms with Crippen LogP contribution in [0.3, 0.4) is 0 Å². The van der Waals surface area contributed by atoms with E-state index in [1.165, 1.54) is 0 Å². The Kier molecular flexibility index (Phi) is 7.98. The summed E-state index contributed by atoms with van der Waals surface area (Å²) >= 11 is 0. The van der Waals surface area contributed by atoms with Gasteiger partial charge in [0.1, 0.15) is 0 Å². The largest absolute Gasteiger partial charge is 2.00 e.